The van der Waals surface area contributed by atoms with E-state index in [1.165, 1.54) is 11.3 Å². The van der Waals surface area contributed by atoms with Crippen LogP contribution >= 0.6 is 15.9 Å². The van der Waals surface area contributed by atoms with E-state index in [9.17, 15) is 4.79 Å². The number of aromatic nitrogens is 2. The molecule has 36 heavy (non-hydrogen) atoms. The van der Waals surface area contributed by atoms with Crippen LogP contribution in [0.15, 0.2) is 65.4 Å². The molecule has 0 fully saturated rings. The van der Waals surface area contributed by atoms with Gasteiger partial charge in [-0.2, -0.15) is 0 Å². The number of rotatable bonds is 6. The van der Waals surface area contributed by atoms with Crippen LogP contribution in [0.3, 0.4) is 0 Å². The molecule has 1 atom stereocenters. The largest absolute Gasteiger partial charge is 0.415 e. The average Bonchev–Trinajstić information content (AvgIpc) is 3.15. The van der Waals surface area contributed by atoms with Gasteiger partial charge in [0.15, 0.2) is 13.1 Å². The van der Waals surface area contributed by atoms with E-state index in [4.69, 9.17) is 9.41 Å². The van der Waals surface area contributed by atoms with Gasteiger partial charge in [0.25, 0.3) is 0 Å². The van der Waals surface area contributed by atoms with Crippen LogP contribution in [0.1, 0.15) is 37.7 Å². The van der Waals surface area contributed by atoms with Crippen molar-refractivity contribution in [2.45, 2.75) is 64.5 Å². The number of para-hydroxylation sites is 1. The number of imidazole rings is 1. The Morgan fingerprint density at radius 2 is 1.72 bits per heavy atom. The van der Waals surface area contributed by atoms with Crippen LogP contribution in [0.5, 0.6) is 0 Å². The zero-order valence-corrected chi connectivity index (χ0v) is 24.7. The van der Waals surface area contributed by atoms with Crippen molar-refractivity contribution in [1.29, 1.82) is 0 Å². The summed E-state index contributed by atoms with van der Waals surface area (Å²) in [6, 6.07) is 20.1. The van der Waals surface area contributed by atoms with Crippen LogP contribution in [0.2, 0.25) is 18.1 Å². The van der Waals surface area contributed by atoms with Gasteiger partial charge in [0.2, 0.25) is 0 Å². The number of carbonyl (C=O) groups is 1. The normalized spacial score (nSPS) is 16.1. The van der Waals surface area contributed by atoms with Crippen LogP contribution in [0, 0.1) is 0 Å². The summed E-state index contributed by atoms with van der Waals surface area (Å²) in [5.74, 6) is 0. The lowest BCUT2D eigenvalue weighted by atomic mass is 10.0. The number of fused-ring (bicyclic) bond motifs is 1. The maximum Gasteiger partial charge on any atom is 0.324 e. The number of hydrogen-bond donors (Lipinski definition) is 0. The molecule has 8 heteroatoms. The fourth-order valence-corrected chi connectivity index (χ4v) is 5.85. The molecule has 0 radical (unpaired) electrons. The molecule has 0 saturated carbocycles. The third-order valence-corrected chi connectivity index (χ3v) is 12.7. The predicted octanol–water partition coefficient (Wildman–Crippen LogP) is 6.70. The Hall–Kier alpha value is -2.42. The molecule has 2 amide bonds. The lowest BCUT2D eigenvalue weighted by Crippen LogP contribution is -2.53. The van der Waals surface area contributed by atoms with Gasteiger partial charge < -0.3 is 13.9 Å². The van der Waals surface area contributed by atoms with Gasteiger partial charge >= 0.3 is 6.03 Å². The number of hydrogen-bond acceptors (Lipinski definition) is 3. The molecular weight excluding hydrogens is 532 g/mol. The van der Waals surface area contributed by atoms with Crippen molar-refractivity contribution >= 4 is 36.0 Å². The zero-order chi connectivity index (χ0) is 26.1. The molecule has 6 nitrogen and oxygen atoms in total. The van der Waals surface area contributed by atoms with Gasteiger partial charge in [-0.05, 0) is 51.8 Å². The van der Waals surface area contributed by atoms with Crippen molar-refractivity contribution in [2.24, 2.45) is 0 Å². The molecule has 0 N–H and O–H groups in total. The summed E-state index contributed by atoms with van der Waals surface area (Å²) in [6.07, 6.45) is 0.698. The Labute approximate surface area is 224 Å². The van der Waals surface area contributed by atoms with E-state index >= 15 is 0 Å². The third kappa shape index (κ3) is 5.60. The molecular formula is C28H37BrN4O2Si. The van der Waals surface area contributed by atoms with Gasteiger partial charge in [-0.25, -0.2) is 9.78 Å². The summed E-state index contributed by atoms with van der Waals surface area (Å²) in [7, 11) is -0.152. The highest BCUT2D eigenvalue weighted by Crippen LogP contribution is 2.37. The second-order valence-corrected chi connectivity index (χ2v) is 16.6. The second-order valence-electron chi connectivity index (χ2n) is 11.1. The molecule has 2 heterocycles. The summed E-state index contributed by atoms with van der Waals surface area (Å²) >= 11 is 3.69. The molecule has 0 saturated heterocycles. The molecule has 0 aliphatic carbocycles. The lowest BCUT2D eigenvalue weighted by molar-refractivity contribution is 0.126. The Bertz CT molecular complexity index is 1190. The first-order valence-electron chi connectivity index (χ1n) is 12.5. The molecule has 3 aromatic rings. The Balaban J connectivity index is 1.65. The number of urea groups is 1. The number of anilines is 1. The Morgan fingerprint density at radius 1 is 1.11 bits per heavy atom. The highest BCUT2D eigenvalue weighted by molar-refractivity contribution is 9.10. The SMILES string of the molecule is CN(C(=O)N1Cc2nc(Br)n(Cc3ccccc3)c2CC1CO[Si](C)(C)C(C)(C)C)c1ccccc1. The maximum absolute atomic E-state index is 13.8. The summed E-state index contributed by atoms with van der Waals surface area (Å²) in [4.78, 5) is 22.3. The van der Waals surface area contributed by atoms with Crippen LogP contribution in [-0.4, -0.2) is 48.5 Å². The van der Waals surface area contributed by atoms with Crippen molar-refractivity contribution in [2.75, 3.05) is 18.6 Å². The van der Waals surface area contributed by atoms with Crippen LogP contribution in [0.25, 0.3) is 0 Å². The first-order chi connectivity index (χ1) is 17.0. The number of halogens is 1. The fourth-order valence-electron chi connectivity index (χ4n) is 4.26. The number of benzene rings is 2. The lowest BCUT2D eigenvalue weighted by Gasteiger charge is -2.41. The molecule has 0 spiro atoms. The number of nitrogens with zero attached hydrogens (tertiary/aromatic N) is 4. The van der Waals surface area contributed by atoms with Crippen LogP contribution < -0.4 is 4.90 Å². The minimum atomic E-state index is -1.99. The monoisotopic (exact) mass is 568 g/mol. The van der Waals surface area contributed by atoms with Gasteiger partial charge in [0.1, 0.15) is 0 Å². The molecule has 1 unspecified atom stereocenters. The van der Waals surface area contributed by atoms with E-state index in [0.29, 0.717) is 19.6 Å². The van der Waals surface area contributed by atoms with E-state index in [1.807, 2.05) is 48.3 Å². The Kier molecular flexibility index (Phi) is 7.78. The van der Waals surface area contributed by atoms with Crippen molar-refractivity contribution < 1.29 is 9.22 Å². The summed E-state index contributed by atoms with van der Waals surface area (Å²) in [5, 5.41) is 0.0978. The minimum absolute atomic E-state index is 0.0376. The highest BCUT2D eigenvalue weighted by atomic mass is 79.9. The first-order valence-corrected chi connectivity index (χ1v) is 16.2. The van der Waals surface area contributed by atoms with Crippen molar-refractivity contribution in [1.82, 2.24) is 14.5 Å². The number of carbonyl (C=O) groups excluding carboxylic acids is 1. The van der Waals surface area contributed by atoms with Crippen molar-refractivity contribution in [3.63, 3.8) is 0 Å². The first kappa shape index (κ1) is 26.6. The minimum Gasteiger partial charge on any atom is -0.415 e. The summed E-state index contributed by atoms with van der Waals surface area (Å²) < 4.78 is 9.69. The molecule has 1 aliphatic rings. The standard InChI is InChI=1S/C28H37BrN4O2Si/c1-28(2,3)36(5,6)35-20-23-17-25-24(30-26(29)33(25)18-21-13-9-7-10-14-21)19-32(23)27(34)31(4)22-15-11-8-12-16-22/h7-16,23H,17-20H2,1-6H3. The van der Waals surface area contributed by atoms with E-state index < -0.39 is 8.32 Å². The average molecular weight is 570 g/mol. The second kappa shape index (κ2) is 10.5. The predicted molar refractivity (Wildman–Crippen MR) is 152 cm³/mol. The van der Waals surface area contributed by atoms with Gasteiger partial charge in [-0.3, -0.25) is 4.90 Å². The fraction of sp³-hybridized carbons (Fsp3) is 0.429. The van der Waals surface area contributed by atoms with Crippen molar-refractivity contribution in [3.8, 4) is 0 Å². The quantitative estimate of drug-likeness (QED) is 0.311. The van der Waals surface area contributed by atoms with Crippen LogP contribution in [0.4, 0.5) is 10.5 Å². The Morgan fingerprint density at radius 3 is 2.33 bits per heavy atom. The topological polar surface area (TPSA) is 50.6 Å². The molecule has 4 rings (SSSR count). The van der Waals surface area contributed by atoms with Gasteiger partial charge in [-0.15, -0.1) is 0 Å². The van der Waals surface area contributed by atoms with E-state index in [-0.39, 0.29) is 17.1 Å². The summed E-state index contributed by atoms with van der Waals surface area (Å²) in [6.45, 7) is 13.0. The number of amides is 2. The maximum atomic E-state index is 13.8. The molecule has 1 aliphatic heterocycles. The van der Waals surface area contributed by atoms with E-state index in [2.05, 4.69) is 78.6 Å². The van der Waals surface area contributed by atoms with E-state index in [0.717, 1.165) is 22.7 Å². The van der Waals surface area contributed by atoms with Crippen molar-refractivity contribution in [3.05, 3.63) is 82.3 Å². The van der Waals surface area contributed by atoms with Crippen LogP contribution in [-0.2, 0) is 23.9 Å². The molecule has 1 aromatic heterocycles. The highest BCUT2D eigenvalue weighted by Gasteiger charge is 2.40. The van der Waals surface area contributed by atoms with Gasteiger partial charge in [0.05, 0.1) is 24.9 Å². The molecule has 2 aromatic carbocycles. The summed E-state index contributed by atoms with van der Waals surface area (Å²) in [5.41, 5.74) is 4.19. The smallest absolute Gasteiger partial charge is 0.324 e. The third-order valence-electron chi connectivity index (χ3n) is 7.60. The van der Waals surface area contributed by atoms with Gasteiger partial charge in [0, 0.05) is 31.4 Å². The molecule has 192 valence electrons. The van der Waals surface area contributed by atoms with Gasteiger partial charge in [-0.1, -0.05) is 69.3 Å². The zero-order valence-electron chi connectivity index (χ0n) is 22.2. The van der Waals surface area contributed by atoms with E-state index in [1.54, 1.807) is 4.90 Å². The molecule has 0 bridgehead atoms.